The maximum absolute atomic E-state index is 5.45. The lowest BCUT2D eigenvalue weighted by atomic mass is 10.2. The molecule has 0 radical (unpaired) electrons. The maximum atomic E-state index is 5.45. The van der Waals surface area contributed by atoms with Gasteiger partial charge in [-0.05, 0) is 56.5 Å². The van der Waals surface area contributed by atoms with Crippen molar-refractivity contribution in [3.63, 3.8) is 0 Å². The molecule has 2 nitrogen and oxygen atoms in total. The molecule has 0 heterocycles. The summed E-state index contributed by atoms with van der Waals surface area (Å²) in [6.45, 7) is 3.08. The van der Waals surface area contributed by atoms with Crippen molar-refractivity contribution < 1.29 is 4.74 Å². The van der Waals surface area contributed by atoms with Crippen LogP contribution in [-0.2, 0) is 0 Å². The van der Waals surface area contributed by atoms with Gasteiger partial charge in [0.2, 0.25) is 0 Å². The molecule has 0 unspecified atom stereocenters. The second-order valence-electron chi connectivity index (χ2n) is 2.69. The lowest BCUT2D eigenvalue weighted by molar-refractivity contribution is 0.324. The lowest BCUT2D eigenvalue weighted by Crippen LogP contribution is -2.11. The first-order valence-corrected chi connectivity index (χ1v) is 5.52. The molecule has 1 aromatic carbocycles. The predicted molar refractivity (Wildman–Crippen MR) is 61.1 cm³/mol. The van der Waals surface area contributed by atoms with Crippen molar-refractivity contribution in [3.8, 4) is 5.75 Å². The predicted octanol–water partition coefficient (Wildman–Crippen LogP) is 2.86. The van der Waals surface area contributed by atoms with E-state index in [2.05, 4.69) is 31.9 Å². The first-order chi connectivity index (χ1) is 6.15. The molecule has 0 fully saturated rings. The van der Waals surface area contributed by atoms with E-state index >= 15 is 0 Å². The van der Waals surface area contributed by atoms with Crippen LogP contribution in [0.25, 0.3) is 0 Å². The second-order valence-corrected chi connectivity index (χ2v) is 4.40. The van der Waals surface area contributed by atoms with Crippen LogP contribution in [0, 0.1) is 6.92 Å². The third-order valence-corrected chi connectivity index (χ3v) is 2.68. The van der Waals surface area contributed by atoms with Gasteiger partial charge in [-0.3, -0.25) is 0 Å². The molecule has 0 aliphatic carbocycles. The molecule has 0 bridgehead atoms. The first kappa shape index (κ1) is 11.0. The fraction of sp³-hybridized carbons (Fsp3) is 0.333. The minimum Gasteiger partial charge on any atom is -0.490 e. The van der Waals surface area contributed by atoms with Gasteiger partial charge < -0.3 is 10.5 Å². The molecule has 0 amide bonds. The molecule has 13 heavy (non-hydrogen) atoms. The quantitative estimate of drug-likeness (QED) is 0.932. The second kappa shape index (κ2) is 4.98. The smallest absolute Gasteiger partial charge is 0.147 e. The SMILES string of the molecule is Cc1cc(Br)c(OCCN)c(Br)c1. The molecule has 1 aromatic rings. The molecule has 0 aliphatic rings. The third kappa shape index (κ3) is 2.97. The molecule has 0 saturated carbocycles. The Hall–Kier alpha value is -0.0600. The van der Waals surface area contributed by atoms with E-state index in [0.717, 1.165) is 14.7 Å². The Kier molecular flexibility index (Phi) is 4.22. The standard InChI is InChI=1S/C9H11Br2NO/c1-6-4-7(10)9(8(11)5-6)13-3-2-12/h4-5H,2-3,12H2,1H3. The summed E-state index contributed by atoms with van der Waals surface area (Å²) < 4.78 is 7.36. The number of halogens is 2. The van der Waals surface area contributed by atoms with Crippen LogP contribution in [0.4, 0.5) is 0 Å². The maximum Gasteiger partial charge on any atom is 0.147 e. The van der Waals surface area contributed by atoms with Gasteiger partial charge >= 0.3 is 0 Å². The molecule has 2 N–H and O–H groups in total. The summed E-state index contributed by atoms with van der Waals surface area (Å²) in [7, 11) is 0. The van der Waals surface area contributed by atoms with E-state index in [0.29, 0.717) is 13.2 Å². The Morgan fingerprint density at radius 3 is 2.31 bits per heavy atom. The largest absolute Gasteiger partial charge is 0.490 e. The van der Waals surface area contributed by atoms with Gasteiger partial charge in [0.1, 0.15) is 12.4 Å². The number of benzene rings is 1. The molecule has 0 aliphatic heterocycles. The van der Waals surface area contributed by atoms with E-state index in [1.54, 1.807) is 0 Å². The van der Waals surface area contributed by atoms with Gasteiger partial charge in [-0.2, -0.15) is 0 Å². The van der Waals surface area contributed by atoms with Crippen molar-refractivity contribution >= 4 is 31.9 Å². The van der Waals surface area contributed by atoms with E-state index in [4.69, 9.17) is 10.5 Å². The molecule has 0 atom stereocenters. The zero-order valence-electron chi connectivity index (χ0n) is 7.31. The van der Waals surface area contributed by atoms with Crippen molar-refractivity contribution in [1.82, 2.24) is 0 Å². The number of rotatable bonds is 3. The van der Waals surface area contributed by atoms with Crippen molar-refractivity contribution in [2.45, 2.75) is 6.92 Å². The summed E-state index contributed by atoms with van der Waals surface area (Å²) in [6, 6.07) is 4.02. The Morgan fingerprint density at radius 2 is 1.85 bits per heavy atom. The molecule has 0 spiro atoms. The Morgan fingerprint density at radius 1 is 1.31 bits per heavy atom. The summed E-state index contributed by atoms with van der Waals surface area (Å²) in [5.74, 6) is 0.816. The zero-order valence-corrected chi connectivity index (χ0v) is 10.5. The Bertz CT molecular complexity index is 279. The lowest BCUT2D eigenvalue weighted by Gasteiger charge is -2.09. The minimum atomic E-state index is 0.521. The highest BCUT2D eigenvalue weighted by Crippen LogP contribution is 2.34. The van der Waals surface area contributed by atoms with Crippen molar-refractivity contribution in [2.24, 2.45) is 5.73 Å². The number of hydrogen-bond donors (Lipinski definition) is 1. The molecule has 0 saturated heterocycles. The van der Waals surface area contributed by atoms with E-state index in [9.17, 15) is 0 Å². The summed E-state index contributed by atoms with van der Waals surface area (Å²) in [6.07, 6.45) is 0. The normalized spacial score (nSPS) is 10.2. The van der Waals surface area contributed by atoms with Crippen LogP contribution < -0.4 is 10.5 Å². The minimum absolute atomic E-state index is 0.521. The van der Waals surface area contributed by atoms with E-state index in [1.807, 2.05) is 19.1 Å². The third-order valence-electron chi connectivity index (χ3n) is 1.51. The summed E-state index contributed by atoms with van der Waals surface area (Å²) in [5.41, 5.74) is 6.53. The molecule has 0 aromatic heterocycles. The highest BCUT2D eigenvalue weighted by atomic mass is 79.9. The molecular formula is C9H11Br2NO. The van der Waals surface area contributed by atoms with Gasteiger partial charge in [0, 0.05) is 6.54 Å². The van der Waals surface area contributed by atoms with Crippen molar-refractivity contribution in [2.75, 3.05) is 13.2 Å². The van der Waals surface area contributed by atoms with Crippen LogP contribution in [0.2, 0.25) is 0 Å². The van der Waals surface area contributed by atoms with Crippen LogP contribution in [0.15, 0.2) is 21.1 Å². The van der Waals surface area contributed by atoms with E-state index in [1.165, 1.54) is 5.56 Å². The van der Waals surface area contributed by atoms with Gasteiger partial charge in [-0.15, -0.1) is 0 Å². The summed E-state index contributed by atoms with van der Waals surface area (Å²) in [4.78, 5) is 0. The monoisotopic (exact) mass is 307 g/mol. The van der Waals surface area contributed by atoms with Crippen LogP contribution in [0.1, 0.15) is 5.56 Å². The zero-order chi connectivity index (χ0) is 9.84. The summed E-state index contributed by atoms with van der Waals surface area (Å²) >= 11 is 6.86. The van der Waals surface area contributed by atoms with Gasteiger partial charge in [0.05, 0.1) is 8.95 Å². The van der Waals surface area contributed by atoms with Crippen LogP contribution in [0.5, 0.6) is 5.75 Å². The van der Waals surface area contributed by atoms with Crippen molar-refractivity contribution in [1.29, 1.82) is 0 Å². The number of ether oxygens (including phenoxy) is 1. The molecule has 4 heteroatoms. The average molecular weight is 309 g/mol. The van der Waals surface area contributed by atoms with Gasteiger partial charge in [-0.1, -0.05) is 0 Å². The fourth-order valence-electron chi connectivity index (χ4n) is 0.985. The van der Waals surface area contributed by atoms with Crippen molar-refractivity contribution in [3.05, 3.63) is 26.6 Å². The number of aryl methyl sites for hydroxylation is 1. The Balaban J connectivity index is 2.92. The van der Waals surface area contributed by atoms with Gasteiger partial charge in [0.15, 0.2) is 0 Å². The highest BCUT2D eigenvalue weighted by molar-refractivity contribution is 9.11. The summed E-state index contributed by atoms with van der Waals surface area (Å²) in [5, 5.41) is 0. The Labute approximate surface area is 94.7 Å². The molecule has 72 valence electrons. The van der Waals surface area contributed by atoms with Crippen LogP contribution in [0.3, 0.4) is 0 Å². The molecule has 1 rings (SSSR count). The highest BCUT2D eigenvalue weighted by Gasteiger charge is 2.06. The number of nitrogens with two attached hydrogens (primary N) is 1. The van der Waals surface area contributed by atoms with E-state index < -0.39 is 0 Å². The van der Waals surface area contributed by atoms with E-state index in [-0.39, 0.29) is 0 Å². The fourth-order valence-corrected chi connectivity index (χ4v) is 2.63. The average Bonchev–Trinajstić information content (AvgIpc) is 2.02. The topological polar surface area (TPSA) is 35.2 Å². The van der Waals surface area contributed by atoms with Crippen LogP contribution >= 0.6 is 31.9 Å². The van der Waals surface area contributed by atoms with Crippen LogP contribution in [-0.4, -0.2) is 13.2 Å². The first-order valence-electron chi connectivity index (χ1n) is 3.93. The number of hydrogen-bond acceptors (Lipinski definition) is 2. The molecular weight excluding hydrogens is 298 g/mol. The van der Waals surface area contributed by atoms with Gasteiger partial charge in [-0.25, -0.2) is 0 Å². The van der Waals surface area contributed by atoms with Gasteiger partial charge in [0.25, 0.3) is 0 Å².